The van der Waals surface area contributed by atoms with Crippen LogP contribution >= 0.6 is 0 Å². The van der Waals surface area contributed by atoms with Crippen LogP contribution in [-0.2, 0) is 12.0 Å². The smallest absolute Gasteiger partial charge is 0.0678 e. The Labute approximate surface area is 127 Å². The Morgan fingerprint density at radius 3 is 2.38 bits per heavy atom. The summed E-state index contributed by atoms with van der Waals surface area (Å²) in [5.74, 6) is 1.50. The summed E-state index contributed by atoms with van der Waals surface area (Å²) in [4.78, 5) is 2.46. The number of hydrogen-bond acceptors (Lipinski definition) is 3. The Balaban J connectivity index is 1.58. The van der Waals surface area contributed by atoms with Gasteiger partial charge in [0.15, 0.2) is 0 Å². The summed E-state index contributed by atoms with van der Waals surface area (Å²) in [7, 11) is 2.22. The molecule has 0 spiro atoms. The number of hydrogen-bond donors (Lipinski definition) is 2. The van der Waals surface area contributed by atoms with Gasteiger partial charge in [0, 0.05) is 23.7 Å². The predicted octanol–water partition coefficient (Wildman–Crippen LogP) is 2.69. The number of aromatic amines is 1. The van der Waals surface area contributed by atoms with Gasteiger partial charge in [-0.15, -0.1) is 0 Å². The third kappa shape index (κ3) is 3.16. The van der Waals surface area contributed by atoms with Crippen molar-refractivity contribution in [3.8, 4) is 0 Å². The molecule has 0 saturated heterocycles. The van der Waals surface area contributed by atoms with Gasteiger partial charge >= 0.3 is 0 Å². The zero-order valence-corrected chi connectivity index (χ0v) is 13.8. The molecule has 4 heteroatoms. The molecule has 0 aromatic carbocycles. The van der Waals surface area contributed by atoms with E-state index in [1.807, 2.05) is 0 Å². The van der Waals surface area contributed by atoms with Gasteiger partial charge in [-0.05, 0) is 50.6 Å². The van der Waals surface area contributed by atoms with E-state index in [4.69, 9.17) is 0 Å². The molecule has 118 valence electrons. The largest absolute Gasteiger partial charge is 0.393 e. The normalized spacial score (nSPS) is 32.9. The van der Waals surface area contributed by atoms with Crippen molar-refractivity contribution < 1.29 is 5.11 Å². The number of H-pyrrole nitrogens is 1. The Morgan fingerprint density at radius 1 is 1.24 bits per heavy atom. The number of aliphatic hydroxyl groups is 1. The van der Waals surface area contributed by atoms with E-state index >= 15 is 0 Å². The highest BCUT2D eigenvalue weighted by Gasteiger charge is 2.42. The quantitative estimate of drug-likeness (QED) is 0.900. The van der Waals surface area contributed by atoms with Crippen molar-refractivity contribution >= 4 is 0 Å². The highest BCUT2D eigenvalue weighted by atomic mass is 16.3. The molecule has 0 aliphatic heterocycles. The maximum Gasteiger partial charge on any atom is 0.0678 e. The van der Waals surface area contributed by atoms with Crippen LogP contribution in [0.1, 0.15) is 57.8 Å². The van der Waals surface area contributed by atoms with Crippen molar-refractivity contribution in [1.29, 1.82) is 0 Å². The minimum Gasteiger partial charge on any atom is -0.393 e. The number of aromatic nitrogens is 2. The van der Waals surface area contributed by atoms with Crippen molar-refractivity contribution in [2.75, 3.05) is 7.05 Å². The Morgan fingerprint density at radius 2 is 1.86 bits per heavy atom. The summed E-state index contributed by atoms with van der Waals surface area (Å²) in [6.07, 6.45) is 4.51. The molecule has 0 amide bonds. The first-order chi connectivity index (χ1) is 9.83. The lowest BCUT2D eigenvalue weighted by Gasteiger charge is -2.24. The molecule has 2 N–H and O–H groups in total. The summed E-state index contributed by atoms with van der Waals surface area (Å²) >= 11 is 0. The van der Waals surface area contributed by atoms with Gasteiger partial charge in [0.2, 0.25) is 0 Å². The molecule has 2 unspecified atom stereocenters. The van der Waals surface area contributed by atoms with Gasteiger partial charge in [0.1, 0.15) is 0 Å². The van der Waals surface area contributed by atoms with Gasteiger partial charge in [0.05, 0.1) is 11.8 Å². The van der Waals surface area contributed by atoms with Crippen molar-refractivity contribution in [3.63, 3.8) is 0 Å². The van der Waals surface area contributed by atoms with Crippen LogP contribution in [0.25, 0.3) is 0 Å². The lowest BCUT2D eigenvalue weighted by molar-refractivity contribution is 0.157. The first-order valence-electron chi connectivity index (χ1n) is 8.26. The summed E-state index contributed by atoms with van der Waals surface area (Å²) in [5.41, 5.74) is 2.45. The van der Waals surface area contributed by atoms with Crippen LogP contribution in [-0.4, -0.2) is 39.4 Å². The number of rotatable bonds is 3. The number of nitrogens with one attached hydrogen (secondary N) is 1. The Hall–Kier alpha value is -0.870. The number of aliphatic hydroxyl groups excluding tert-OH is 1. The third-order valence-electron chi connectivity index (χ3n) is 5.41. The first kappa shape index (κ1) is 15.0. The van der Waals surface area contributed by atoms with Crippen molar-refractivity contribution in [2.45, 2.75) is 70.6 Å². The number of nitrogens with zero attached hydrogens (tertiary/aromatic N) is 2. The van der Waals surface area contributed by atoms with Crippen LogP contribution < -0.4 is 0 Å². The molecule has 1 aromatic rings. The van der Waals surface area contributed by atoms with Crippen LogP contribution in [0.15, 0.2) is 6.07 Å². The van der Waals surface area contributed by atoms with Crippen molar-refractivity contribution in [2.24, 2.45) is 11.8 Å². The van der Waals surface area contributed by atoms with E-state index in [0.717, 1.165) is 36.9 Å². The van der Waals surface area contributed by atoms with Gasteiger partial charge in [0.25, 0.3) is 0 Å². The molecular formula is C17H29N3O. The average Bonchev–Trinajstić information content (AvgIpc) is 3.01. The molecule has 3 rings (SSSR count). The fourth-order valence-corrected chi connectivity index (χ4v) is 4.14. The first-order valence-corrected chi connectivity index (χ1v) is 8.26. The SMILES string of the molecule is CN(Cc1cc(C(C)(C)C)n[nH]1)C1C[C@H]2CC(O)C[C@H]2C1. The summed E-state index contributed by atoms with van der Waals surface area (Å²) in [6.45, 7) is 7.52. The molecule has 1 aromatic heterocycles. The topological polar surface area (TPSA) is 52.2 Å². The molecule has 0 bridgehead atoms. The van der Waals surface area contributed by atoms with Crippen LogP contribution in [0.3, 0.4) is 0 Å². The van der Waals surface area contributed by atoms with Crippen molar-refractivity contribution in [3.05, 3.63) is 17.5 Å². The van der Waals surface area contributed by atoms with Crippen LogP contribution in [0.4, 0.5) is 0 Å². The maximum atomic E-state index is 9.75. The molecule has 0 radical (unpaired) electrons. The standard InChI is InChI=1S/C17H29N3O/c1-17(2,3)16-9-13(18-19-16)10-20(4)14-5-11-7-15(21)8-12(11)6-14/h9,11-12,14-15,21H,5-8,10H2,1-4H3,(H,18,19)/t11-,12+,14?,15?. The molecule has 4 atom stereocenters. The summed E-state index contributed by atoms with van der Waals surface area (Å²) in [5, 5.41) is 17.4. The minimum atomic E-state index is -0.0341. The molecule has 2 aliphatic carbocycles. The number of fused-ring (bicyclic) bond motifs is 1. The molecular weight excluding hydrogens is 262 g/mol. The molecule has 2 fully saturated rings. The Bertz CT molecular complexity index is 476. The second kappa shape index (κ2) is 5.40. The van der Waals surface area contributed by atoms with E-state index in [-0.39, 0.29) is 11.5 Å². The van der Waals surface area contributed by atoms with Crippen LogP contribution in [0, 0.1) is 11.8 Å². The zero-order valence-electron chi connectivity index (χ0n) is 13.8. The van der Waals surface area contributed by atoms with E-state index in [0.29, 0.717) is 6.04 Å². The lowest BCUT2D eigenvalue weighted by atomic mass is 9.92. The highest BCUT2D eigenvalue weighted by molar-refractivity contribution is 5.16. The van der Waals surface area contributed by atoms with E-state index in [2.05, 4.69) is 49.0 Å². The van der Waals surface area contributed by atoms with E-state index in [1.54, 1.807) is 0 Å². The Kier molecular flexibility index (Phi) is 3.87. The van der Waals surface area contributed by atoms with Crippen LogP contribution in [0.2, 0.25) is 0 Å². The van der Waals surface area contributed by atoms with E-state index < -0.39 is 0 Å². The maximum absolute atomic E-state index is 9.75. The monoisotopic (exact) mass is 291 g/mol. The fraction of sp³-hybridized carbons (Fsp3) is 0.824. The third-order valence-corrected chi connectivity index (χ3v) is 5.41. The average molecular weight is 291 g/mol. The minimum absolute atomic E-state index is 0.0341. The van der Waals surface area contributed by atoms with E-state index in [9.17, 15) is 5.11 Å². The summed E-state index contributed by atoms with van der Waals surface area (Å²) in [6, 6.07) is 2.87. The van der Waals surface area contributed by atoms with Crippen molar-refractivity contribution in [1.82, 2.24) is 15.1 Å². The molecule has 2 saturated carbocycles. The molecule has 21 heavy (non-hydrogen) atoms. The molecule has 2 aliphatic rings. The predicted molar refractivity (Wildman–Crippen MR) is 84.0 cm³/mol. The van der Waals surface area contributed by atoms with Gasteiger partial charge in [-0.2, -0.15) is 5.10 Å². The van der Waals surface area contributed by atoms with Gasteiger partial charge in [-0.1, -0.05) is 20.8 Å². The zero-order chi connectivity index (χ0) is 15.2. The fourth-order valence-electron chi connectivity index (χ4n) is 4.14. The molecule has 1 heterocycles. The second-order valence-corrected chi connectivity index (χ2v) is 8.21. The van der Waals surface area contributed by atoms with Crippen LogP contribution in [0.5, 0.6) is 0 Å². The lowest BCUT2D eigenvalue weighted by Crippen LogP contribution is -2.30. The highest BCUT2D eigenvalue weighted by Crippen LogP contribution is 2.45. The second-order valence-electron chi connectivity index (χ2n) is 8.21. The summed E-state index contributed by atoms with van der Waals surface area (Å²) < 4.78 is 0. The van der Waals surface area contributed by atoms with E-state index in [1.165, 1.54) is 18.5 Å². The van der Waals surface area contributed by atoms with Gasteiger partial charge < -0.3 is 5.11 Å². The van der Waals surface area contributed by atoms with Gasteiger partial charge in [-0.25, -0.2) is 0 Å². The van der Waals surface area contributed by atoms with Gasteiger partial charge in [-0.3, -0.25) is 10.00 Å². The molecule has 4 nitrogen and oxygen atoms in total.